The normalized spacial score (nSPS) is 25.9. The maximum Gasteiger partial charge on any atom is 0.303 e. The number of ether oxygens (including phenoxy) is 2. The minimum Gasteiger partial charge on any atom is -0.508 e. The maximum atomic E-state index is 15.4. The summed E-state index contributed by atoms with van der Waals surface area (Å²) in [5.41, 5.74) is 2.99. The van der Waals surface area contributed by atoms with Gasteiger partial charge < -0.3 is 19.7 Å². The molecule has 2 saturated heterocycles. The SMILES string of the molecule is COc1cc(O)cc(OC)c1[C@H]1C2=CC[C@@H]3C(=O)N(CCCCCC(=O)O)C(=O)[C@@H]3[C@@H]2C[C@H]2C(=O)N(Nc3ccc(F)cc3)C(=O)[C@@]12c1ccc(Cl)cc1. The molecule has 4 aliphatic rings. The fourth-order valence-electron chi connectivity index (χ4n) is 9.19. The van der Waals surface area contributed by atoms with E-state index in [9.17, 15) is 28.7 Å². The molecule has 14 heteroatoms. The number of carbonyl (C=O) groups is 5. The van der Waals surface area contributed by atoms with Gasteiger partial charge in [-0.15, -0.1) is 0 Å². The largest absolute Gasteiger partial charge is 0.508 e. The number of unbranched alkanes of at least 4 members (excludes halogenated alkanes) is 2. The van der Waals surface area contributed by atoms with E-state index in [1.165, 1.54) is 55.5 Å². The molecule has 4 amide bonds. The van der Waals surface area contributed by atoms with Gasteiger partial charge in [-0.3, -0.25) is 34.3 Å². The van der Waals surface area contributed by atoms with Gasteiger partial charge in [-0.2, -0.15) is 5.01 Å². The summed E-state index contributed by atoms with van der Waals surface area (Å²) in [5.74, 6) is -7.45. The number of carboxylic acids is 1. The molecule has 3 fully saturated rings. The van der Waals surface area contributed by atoms with E-state index in [1.807, 2.05) is 6.08 Å². The molecule has 54 heavy (non-hydrogen) atoms. The summed E-state index contributed by atoms with van der Waals surface area (Å²) in [5, 5.41) is 21.1. The first-order valence-electron chi connectivity index (χ1n) is 17.8. The van der Waals surface area contributed by atoms with Gasteiger partial charge in [-0.05, 0) is 73.6 Å². The van der Waals surface area contributed by atoms with Crippen molar-refractivity contribution < 1.29 is 48.0 Å². The number of aliphatic carboxylic acids is 1. The molecule has 2 aliphatic heterocycles. The van der Waals surface area contributed by atoms with Gasteiger partial charge >= 0.3 is 5.97 Å². The number of likely N-dealkylation sites (tertiary alicyclic amines) is 1. The quantitative estimate of drug-likeness (QED) is 0.116. The van der Waals surface area contributed by atoms with E-state index in [0.717, 1.165) is 5.01 Å². The number of carboxylic acid groups (broad SMARTS) is 1. The smallest absolute Gasteiger partial charge is 0.303 e. The molecule has 0 aromatic heterocycles. The Labute approximate surface area is 315 Å². The van der Waals surface area contributed by atoms with Crippen LogP contribution in [0.1, 0.15) is 55.6 Å². The molecule has 0 unspecified atom stereocenters. The van der Waals surface area contributed by atoms with Crippen molar-refractivity contribution in [3.8, 4) is 17.2 Å². The average molecular weight is 760 g/mol. The maximum absolute atomic E-state index is 15.4. The molecule has 3 aromatic carbocycles. The molecule has 0 radical (unpaired) electrons. The summed E-state index contributed by atoms with van der Waals surface area (Å²) < 4.78 is 25.6. The third kappa shape index (κ3) is 5.94. The number of nitrogens with zero attached hydrogens (tertiary/aromatic N) is 2. The van der Waals surface area contributed by atoms with E-state index in [-0.39, 0.29) is 60.6 Å². The second kappa shape index (κ2) is 14.4. The number of nitrogens with one attached hydrogen (secondary N) is 1. The van der Waals surface area contributed by atoms with Crippen LogP contribution in [0.3, 0.4) is 0 Å². The predicted molar refractivity (Wildman–Crippen MR) is 193 cm³/mol. The Morgan fingerprint density at radius 1 is 0.926 bits per heavy atom. The predicted octanol–water partition coefficient (Wildman–Crippen LogP) is 5.83. The number of hydrogen-bond donors (Lipinski definition) is 3. The number of carbonyl (C=O) groups excluding carboxylic acids is 4. The van der Waals surface area contributed by atoms with Crippen molar-refractivity contribution in [1.82, 2.24) is 9.91 Å². The highest BCUT2D eigenvalue weighted by Crippen LogP contribution is 2.66. The Morgan fingerprint density at radius 2 is 1.59 bits per heavy atom. The number of hydrazine groups is 1. The highest BCUT2D eigenvalue weighted by atomic mass is 35.5. The van der Waals surface area contributed by atoms with Crippen LogP contribution in [-0.4, -0.2) is 70.5 Å². The number of phenolic OH excluding ortho intramolecular Hbond substituents is 1. The molecule has 3 N–H and O–H groups in total. The standard InChI is InChI=1S/C40H39ClFN3O9/c1-53-30-18-25(46)19-31(54-2)34(30)35-26-15-16-27-33(38(51)44(36(27)49)17-5-3-4-6-32(47)48)28(26)20-29-37(50)45(43-24-13-11-23(42)12-14-24)39(52)40(29,35)21-7-9-22(41)10-8-21/h7-15,18-19,27-29,33,35,43,46H,3-6,16-17,20H2,1-2H3,(H,47,48)/t27-,28+,29-,33-,35+,40+/m0/s1. The fraction of sp³-hybridized carbons (Fsp3) is 0.375. The molecular weight excluding hydrogens is 721 g/mol. The van der Waals surface area contributed by atoms with Gasteiger partial charge in [0.05, 0.1) is 43.1 Å². The molecule has 12 nitrogen and oxygen atoms in total. The zero-order valence-corrected chi connectivity index (χ0v) is 30.3. The molecule has 1 saturated carbocycles. The third-order valence-electron chi connectivity index (χ3n) is 11.4. The molecule has 6 atom stereocenters. The monoisotopic (exact) mass is 759 g/mol. The van der Waals surface area contributed by atoms with Gasteiger partial charge in [0.25, 0.3) is 11.8 Å². The molecule has 0 bridgehead atoms. The Morgan fingerprint density at radius 3 is 2.22 bits per heavy atom. The number of imide groups is 2. The van der Waals surface area contributed by atoms with Crippen LogP contribution in [0.4, 0.5) is 10.1 Å². The van der Waals surface area contributed by atoms with Crippen LogP contribution in [0.25, 0.3) is 0 Å². The van der Waals surface area contributed by atoms with E-state index in [1.54, 1.807) is 24.3 Å². The first-order chi connectivity index (χ1) is 25.9. The van der Waals surface area contributed by atoms with Gasteiger partial charge in [0.2, 0.25) is 11.8 Å². The van der Waals surface area contributed by atoms with Crippen LogP contribution in [-0.2, 0) is 29.4 Å². The number of anilines is 1. The highest BCUT2D eigenvalue weighted by Gasteiger charge is 2.71. The summed E-state index contributed by atoms with van der Waals surface area (Å²) in [6.45, 7) is 0.139. The number of rotatable bonds is 12. The molecule has 3 aromatic rings. The van der Waals surface area contributed by atoms with Gasteiger partial charge in [-0.1, -0.05) is 41.8 Å². The Kier molecular flexibility index (Phi) is 9.86. The van der Waals surface area contributed by atoms with Gasteiger partial charge in [0, 0.05) is 41.6 Å². The van der Waals surface area contributed by atoms with Crippen molar-refractivity contribution in [3.05, 3.63) is 94.3 Å². The topological polar surface area (TPSA) is 163 Å². The number of amides is 4. The second-order valence-electron chi connectivity index (χ2n) is 14.2. The number of allylic oxidation sites excluding steroid dienone is 2. The van der Waals surface area contributed by atoms with Crippen LogP contribution in [0.2, 0.25) is 5.02 Å². The van der Waals surface area contributed by atoms with Crippen LogP contribution in [0.15, 0.2) is 72.3 Å². The van der Waals surface area contributed by atoms with Crippen LogP contribution in [0.5, 0.6) is 17.2 Å². The summed E-state index contributed by atoms with van der Waals surface area (Å²) in [6, 6.07) is 14.6. The van der Waals surface area contributed by atoms with Crippen LogP contribution < -0.4 is 14.9 Å². The first-order valence-corrected chi connectivity index (χ1v) is 18.2. The lowest BCUT2D eigenvalue weighted by Crippen LogP contribution is -2.53. The van der Waals surface area contributed by atoms with E-state index < -0.39 is 58.6 Å². The zero-order chi connectivity index (χ0) is 38.5. The van der Waals surface area contributed by atoms with Crippen LogP contribution in [0, 0.1) is 29.5 Å². The van der Waals surface area contributed by atoms with E-state index >= 15 is 4.79 Å². The lowest BCUT2D eigenvalue weighted by Gasteiger charge is -2.51. The number of phenols is 1. The lowest BCUT2D eigenvalue weighted by molar-refractivity contribution is -0.141. The molecular formula is C40H39ClFN3O9. The van der Waals surface area contributed by atoms with Crippen molar-refractivity contribution in [2.75, 3.05) is 26.2 Å². The molecule has 0 spiro atoms. The summed E-state index contributed by atoms with van der Waals surface area (Å²) in [6.07, 6.45) is 3.49. The minimum atomic E-state index is -1.68. The Bertz CT molecular complexity index is 2030. The number of fused-ring (bicyclic) bond motifs is 4. The van der Waals surface area contributed by atoms with Gasteiger partial charge in [0.15, 0.2) is 0 Å². The molecule has 7 rings (SSSR count). The zero-order valence-electron chi connectivity index (χ0n) is 29.6. The van der Waals surface area contributed by atoms with Crippen LogP contribution >= 0.6 is 11.6 Å². The van der Waals surface area contributed by atoms with Crippen molar-refractivity contribution in [3.63, 3.8) is 0 Å². The summed E-state index contributed by atoms with van der Waals surface area (Å²) >= 11 is 6.37. The Balaban J connectivity index is 1.40. The van der Waals surface area contributed by atoms with Crippen molar-refractivity contribution in [2.24, 2.45) is 23.7 Å². The Hall–Kier alpha value is -5.43. The number of halogens is 2. The van der Waals surface area contributed by atoms with Gasteiger partial charge in [0.1, 0.15) is 23.1 Å². The molecule has 282 valence electrons. The first kappa shape index (κ1) is 36.9. The number of methoxy groups -OCH3 is 2. The van der Waals surface area contributed by atoms with Crippen molar-refractivity contribution in [2.45, 2.75) is 49.9 Å². The minimum absolute atomic E-state index is 0.00931. The van der Waals surface area contributed by atoms with Crippen molar-refractivity contribution >= 4 is 46.9 Å². The highest BCUT2D eigenvalue weighted by molar-refractivity contribution is 6.30. The van der Waals surface area contributed by atoms with E-state index in [2.05, 4.69) is 5.43 Å². The van der Waals surface area contributed by atoms with Crippen molar-refractivity contribution in [1.29, 1.82) is 0 Å². The fourth-order valence-corrected chi connectivity index (χ4v) is 9.31. The van der Waals surface area contributed by atoms with E-state index in [4.69, 9.17) is 26.2 Å². The summed E-state index contributed by atoms with van der Waals surface area (Å²) in [4.78, 5) is 70.7. The lowest BCUT2D eigenvalue weighted by atomic mass is 9.49. The van der Waals surface area contributed by atoms with E-state index in [0.29, 0.717) is 41.0 Å². The number of aromatic hydroxyl groups is 1. The summed E-state index contributed by atoms with van der Waals surface area (Å²) in [7, 11) is 2.82. The second-order valence-corrected chi connectivity index (χ2v) is 14.6. The number of benzene rings is 3. The number of hydrogen-bond acceptors (Lipinski definition) is 9. The third-order valence-corrected chi connectivity index (χ3v) is 11.7. The molecule has 2 aliphatic carbocycles. The molecule has 2 heterocycles. The average Bonchev–Trinajstić information content (AvgIpc) is 3.52. The van der Waals surface area contributed by atoms with Gasteiger partial charge in [-0.25, -0.2) is 4.39 Å².